The standard InChI is InChI=1S/C20H14BrCl2NO3S/c1-13-18(23)3-2-4-19(13)24-12-14-11-15(21)5-10-20(14)27-28(25,26)17-8-6-16(22)7-9-17/h2-12H,1H3. The van der Waals surface area contributed by atoms with Gasteiger partial charge in [0.2, 0.25) is 0 Å². The van der Waals surface area contributed by atoms with Crippen molar-refractivity contribution in [3.63, 3.8) is 0 Å². The van der Waals surface area contributed by atoms with E-state index in [4.69, 9.17) is 27.4 Å². The molecule has 0 radical (unpaired) electrons. The van der Waals surface area contributed by atoms with Crippen LogP contribution in [-0.2, 0) is 10.1 Å². The van der Waals surface area contributed by atoms with Crippen molar-refractivity contribution in [3.8, 4) is 5.75 Å². The van der Waals surface area contributed by atoms with E-state index >= 15 is 0 Å². The Morgan fingerprint density at radius 2 is 1.75 bits per heavy atom. The summed E-state index contributed by atoms with van der Waals surface area (Å²) in [4.78, 5) is 4.44. The Hall–Kier alpha value is -1.86. The molecular weight excluding hydrogens is 485 g/mol. The molecule has 3 rings (SSSR count). The largest absolute Gasteiger partial charge is 0.378 e. The van der Waals surface area contributed by atoms with Gasteiger partial charge >= 0.3 is 10.1 Å². The molecule has 0 aliphatic rings. The molecule has 3 aromatic carbocycles. The molecule has 8 heteroatoms. The van der Waals surface area contributed by atoms with Gasteiger partial charge in [0.05, 0.1) is 5.69 Å². The maximum Gasteiger partial charge on any atom is 0.339 e. The van der Waals surface area contributed by atoms with Crippen molar-refractivity contribution in [2.75, 3.05) is 0 Å². The molecule has 0 aliphatic heterocycles. The number of benzene rings is 3. The van der Waals surface area contributed by atoms with Crippen LogP contribution in [-0.4, -0.2) is 14.6 Å². The van der Waals surface area contributed by atoms with Crippen molar-refractivity contribution in [2.24, 2.45) is 4.99 Å². The van der Waals surface area contributed by atoms with E-state index < -0.39 is 10.1 Å². The molecule has 0 spiro atoms. The number of hydrogen-bond acceptors (Lipinski definition) is 4. The molecule has 28 heavy (non-hydrogen) atoms. The monoisotopic (exact) mass is 497 g/mol. The predicted octanol–water partition coefficient (Wildman–Crippen LogP) is 6.58. The van der Waals surface area contributed by atoms with Gasteiger partial charge in [-0.3, -0.25) is 4.99 Å². The maximum atomic E-state index is 12.6. The van der Waals surface area contributed by atoms with Gasteiger partial charge in [-0.25, -0.2) is 0 Å². The summed E-state index contributed by atoms with van der Waals surface area (Å²) in [6.07, 6.45) is 1.54. The van der Waals surface area contributed by atoms with E-state index in [0.29, 0.717) is 21.3 Å². The minimum Gasteiger partial charge on any atom is -0.378 e. The van der Waals surface area contributed by atoms with Crippen LogP contribution in [0.3, 0.4) is 0 Å². The molecule has 4 nitrogen and oxygen atoms in total. The lowest BCUT2D eigenvalue weighted by Gasteiger charge is -2.10. The molecule has 0 saturated heterocycles. The Morgan fingerprint density at radius 3 is 2.46 bits per heavy atom. The van der Waals surface area contributed by atoms with Crippen LogP contribution in [0.5, 0.6) is 5.75 Å². The lowest BCUT2D eigenvalue weighted by atomic mass is 10.2. The predicted molar refractivity (Wildman–Crippen MR) is 117 cm³/mol. The Balaban J connectivity index is 1.96. The first-order chi connectivity index (χ1) is 13.3. The van der Waals surface area contributed by atoms with Crippen LogP contribution in [0.15, 0.2) is 75.0 Å². The van der Waals surface area contributed by atoms with Crippen molar-refractivity contribution in [2.45, 2.75) is 11.8 Å². The second-order valence-corrected chi connectivity index (χ2v) is 9.12. The summed E-state index contributed by atoms with van der Waals surface area (Å²) in [6.45, 7) is 1.86. The van der Waals surface area contributed by atoms with Gasteiger partial charge in [-0.2, -0.15) is 8.42 Å². The summed E-state index contributed by atoms with van der Waals surface area (Å²) in [5, 5.41) is 1.04. The van der Waals surface area contributed by atoms with Crippen LogP contribution in [0.1, 0.15) is 11.1 Å². The highest BCUT2D eigenvalue weighted by molar-refractivity contribution is 9.10. The fraction of sp³-hybridized carbons (Fsp3) is 0.0500. The quantitative estimate of drug-likeness (QED) is 0.294. The second kappa shape index (κ2) is 8.66. The molecule has 0 aromatic heterocycles. The van der Waals surface area contributed by atoms with Gasteiger partial charge in [0.1, 0.15) is 4.90 Å². The Morgan fingerprint density at radius 1 is 1.04 bits per heavy atom. The Kier molecular flexibility index (Phi) is 6.45. The van der Waals surface area contributed by atoms with Gasteiger partial charge in [-0.05, 0) is 67.1 Å². The summed E-state index contributed by atoms with van der Waals surface area (Å²) in [6, 6.07) is 16.1. The highest BCUT2D eigenvalue weighted by Crippen LogP contribution is 2.28. The van der Waals surface area contributed by atoms with Crippen molar-refractivity contribution < 1.29 is 12.6 Å². The van der Waals surface area contributed by atoms with Gasteiger partial charge in [-0.15, -0.1) is 0 Å². The minimum absolute atomic E-state index is 0.00777. The zero-order valence-electron chi connectivity index (χ0n) is 14.6. The molecule has 0 N–H and O–H groups in total. The number of halogens is 3. The van der Waals surface area contributed by atoms with Crippen molar-refractivity contribution in [1.29, 1.82) is 0 Å². The minimum atomic E-state index is -4.02. The highest BCUT2D eigenvalue weighted by atomic mass is 79.9. The normalized spacial score (nSPS) is 11.7. The van der Waals surface area contributed by atoms with Crippen LogP contribution in [0.4, 0.5) is 5.69 Å². The van der Waals surface area contributed by atoms with Crippen LogP contribution in [0, 0.1) is 6.92 Å². The van der Waals surface area contributed by atoms with E-state index in [1.807, 2.05) is 13.0 Å². The van der Waals surface area contributed by atoms with Crippen molar-refractivity contribution in [1.82, 2.24) is 0 Å². The molecule has 3 aromatic rings. The summed E-state index contributed by atoms with van der Waals surface area (Å²) in [5.74, 6) is 0.154. The van der Waals surface area contributed by atoms with Gasteiger partial charge in [0.15, 0.2) is 5.75 Å². The fourth-order valence-corrected chi connectivity index (χ4v) is 3.97. The lowest BCUT2D eigenvalue weighted by molar-refractivity contribution is 0.485. The molecule has 0 amide bonds. The van der Waals surface area contributed by atoms with Gasteiger partial charge in [-0.1, -0.05) is 45.2 Å². The second-order valence-electron chi connectivity index (χ2n) is 5.82. The van der Waals surface area contributed by atoms with E-state index in [2.05, 4.69) is 20.9 Å². The topological polar surface area (TPSA) is 55.7 Å². The number of hydrogen-bond donors (Lipinski definition) is 0. The molecule has 144 valence electrons. The molecule has 0 heterocycles. The molecule has 0 unspecified atom stereocenters. The van der Waals surface area contributed by atoms with E-state index in [0.717, 1.165) is 10.0 Å². The molecule has 0 bridgehead atoms. The summed E-state index contributed by atoms with van der Waals surface area (Å²) in [7, 11) is -4.02. The number of rotatable bonds is 5. The number of nitrogens with zero attached hydrogens (tertiary/aromatic N) is 1. The van der Waals surface area contributed by atoms with Crippen molar-refractivity contribution >= 4 is 61.2 Å². The fourth-order valence-electron chi connectivity index (χ4n) is 2.34. The number of aliphatic imine (C=N–C) groups is 1. The summed E-state index contributed by atoms with van der Waals surface area (Å²) in [5.41, 5.74) is 2.00. The first kappa shape index (κ1) is 20.9. The lowest BCUT2D eigenvalue weighted by Crippen LogP contribution is -2.10. The van der Waals surface area contributed by atoms with E-state index in [9.17, 15) is 8.42 Å². The molecule has 0 aliphatic carbocycles. The van der Waals surface area contributed by atoms with Crippen LogP contribution in [0.25, 0.3) is 0 Å². The zero-order valence-corrected chi connectivity index (χ0v) is 18.5. The van der Waals surface area contributed by atoms with Crippen LogP contribution in [0.2, 0.25) is 10.0 Å². The maximum absolute atomic E-state index is 12.6. The third-order valence-corrected chi connectivity index (χ3v) is 6.26. The SMILES string of the molecule is Cc1c(Cl)cccc1N=Cc1cc(Br)ccc1OS(=O)(=O)c1ccc(Cl)cc1. The highest BCUT2D eigenvalue weighted by Gasteiger charge is 2.18. The van der Waals surface area contributed by atoms with Gasteiger partial charge in [0, 0.05) is 26.3 Å². The van der Waals surface area contributed by atoms with Crippen LogP contribution >= 0.6 is 39.1 Å². The molecule has 0 fully saturated rings. The van der Waals surface area contributed by atoms with E-state index in [-0.39, 0.29) is 10.6 Å². The Bertz CT molecular complexity index is 1150. The smallest absolute Gasteiger partial charge is 0.339 e. The van der Waals surface area contributed by atoms with Crippen LogP contribution < -0.4 is 4.18 Å². The summed E-state index contributed by atoms with van der Waals surface area (Å²) < 4.78 is 31.3. The van der Waals surface area contributed by atoms with Gasteiger partial charge < -0.3 is 4.18 Å². The average molecular weight is 499 g/mol. The molecular formula is C20H14BrCl2NO3S. The third-order valence-electron chi connectivity index (χ3n) is 3.86. The molecule has 0 saturated carbocycles. The third kappa shape index (κ3) is 4.94. The van der Waals surface area contributed by atoms with Crippen molar-refractivity contribution in [3.05, 3.63) is 86.3 Å². The van der Waals surface area contributed by atoms with E-state index in [1.54, 1.807) is 30.3 Å². The first-order valence-corrected chi connectivity index (χ1v) is 11.0. The molecule has 0 atom stereocenters. The zero-order chi connectivity index (χ0) is 20.3. The summed E-state index contributed by atoms with van der Waals surface area (Å²) >= 11 is 15.3. The van der Waals surface area contributed by atoms with Gasteiger partial charge in [0.25, 0.3) is 0 Å². The van der Waals surface area contributed by atoms with E-state index in [1.165, 1.54) is 30.5 Å². The first-order valence-electron chi connectivity index (χ1n) is 8.05. The average Bonchev–Trinajstić information content (AvgIpc) is 2.65. The Labute approximate surface area is 182 Å².